The number of nitrogens with zero attached hydrogens (tertiary/aromatic N) is 1. The van der Waals surface area contributed by atoms with Crippen LogP contribution in [0.15, 0.2) is 0 Å². The van der Waals surface area contributed by atoms with Crippen LogP contribution in [-0.2, 0) is 0 Å². The highest BCUT2D eigenvalue weighted by atomic mass is 28.1. The maximum Gasteiger partial charge on any atom is 0.0780 e. The van der Waals surface area contributed by atoms with Crippen molar-refractivity contribution < 1.29 is 4.48 Å². The normalized spacial score (nSPS) is 12.1. The molecule has 27 heavy (non-hydrogen) atoms. The van der Waals surface area contributed by atoms with Crippen LogP contribution >= 0.6 is 0 Å². The number of hydrogen-bond acceptors (Lipinski definition) is 1. The fourth-order valence-electron chi connectivity index (χ4n) is 3.84. The molecule has 0 amide bonds. The van der Waals surface area contributed by atoms with Crippen LogP contribution in [0.3, 0.4) is 0 Å². The van der Waals surface area contributed by atoms with Crippen molar-refractivity contribution in [3.63, 3.8) is 0 Å². The Kier molecular flexibility index (Phi) is 21.0. The van der Waals surface area contributed by atoms with Crippen LogP contribution in [0, 0.1) is 0 Å². The molecule has 0 heterocycles. The molecule has 0 unspecified atom stereocenters. The van der Waals surface area contributed by atoms with Gasteiger partial charge in [-0.2, -0.15) is 0 Å². The summed E-state index contributed by atoms with van der Waals surface area (Å²) in [6.45, 7) is 2.58. The van der Waals surface area contributed by atoms with E-state index in [4.69, 9.17) is 0 Å². The van der Waals surface area contributed by atoms with Crippen molar-refractivity contribution in [2.45, 2.75) is 116 Å². The molecular weight excluding hydrogens is 344 g/mol. The largest absolute Gasteiger partial charge is 0.331 e. The van der Waals surface area contributed by atoms with E-state index in [9.17, 15) is 0 Å². The second-order valence-electron chi connectivity index (χ2n) is 9.73. The minimum Gasteiger partial charge on any atom is -0.331 e. The first-order valence-corrected chi connectivity index (χ1v) is 14.0. The minimum atomic E-state index is 1.12. The Hall–Kier alpha value is 0.137. The molecule has 0 aliphatic rings. The van der Waals surface area contributed by atoms with Gasteiger partial charge in [-0.05, 0) is 32.0 Å². The van der Waals surface area contributed by atoms with Gasteiger partial charge in [-0.1, -0.05) is 96.3 Å². The van der Waals surface area contributed by atoms with Crippen LogP contribution in [0.4, 0.5) is 0 Å². The van der Waals surface area contributed by atoms with Gasteiger partial charge < -0.3 is 9.80 Å². The number of quaternary nitrogens is 1. The second-order valence-corrected chi connectivity index (χ2v) is 10.4. The van der Waals surface area contributed by atoms with Gasteiger partial charge in [0.05, 0.1) is 27.7 Å². The zero-order chi connectivity index (χ0) is 20.1. The Labute approximate surface area is 176 Å². The van der Waals surface area contributed by atoms with E-state index in [0.717, 1.165) is 4.48 Å². The molecule has 0 fully saturated rings. The first-order chi connectivity index (χ1) is 13.1. The van der Waals surface area contributed by atoms with E-state index in [2.05, 4.69) is 26.5 Å². The van der Waals surface area contributed by atoms with E-state index in [1.165, 1.54) is 145 Å². The Balaban J connectivity index is 3.01. The van der Waals surface area contributed by atoms with Crippen molar-refractivity contribution in [2.75, 3.05) is 40.4 Å². The average molecular weight is 400 g/mol. The summed E-state index contributed by atoms with van der Waals surface area (Å²) in [5.74, 6) is 0. The van der Waals surface area contributed by atoms with Crippen LogP contribution in [0.2, 0.25) is 0 Å². The number of rotatable bonds is 22. The molecule has 0 aromatic carbocycles. The summed E-state index contributed by atoms with van der Waals surface area (Å²) in [4.78, 5) is 0. The average Bonchev–Trinajstić information content (AvgIpc) is 2.62. The minimum absolute atomic E-state index is 1.12. The quantitative estimate of drug-likeness (QED) is 0.141. The maximum absolute atomic E-state index is 3.47. The summed E-state index contributed by atoms with van der Waals surface area (Å²) in [7, 11) is 8.20. The predicted octanol–water partition coefficient (Wildman–Crippen LogP) is 5.63. The molecule has 0 spiro atoms. The molecule has 2 nitrogen and oxygen atoms in total. The molecule has 1 N–H and O–H groups in total. The summed E-state index contributed by atoms with van der Waals surface area (Å²) < 4.78 is 1.12. The fraction of sp³-hybridized carbons (Fsp3) is 1.00. The van der Waals surface area contributed by atoms with Gasteiger partial charge in [0.15, 0.2) is 0 Å². The van der Waals surface area contributed by atoms with E-state index in [1.807, 2.05) is 0 Å². The highest BCUT2D eigenvalue weighted by Crippen LogP contribution is 2.14. The Morgan fingerprint density at radius 2 is 0.778 bits per heavy atom. The van der Waals surface area contributed by atoms with Gasteiger partial charge in [0.2, 0.25) is 0 Å². The number of hydrogen-bond donors (Lipinski definition) is 1. The Morgan fingerprint density at radius 3 is 1.07 bits per heavy atom. The van der Waals surface area contributed by atoms with Crippen LogP contribution in [-0.4, -0.2) is 55.1 Å². The highest BCUT2D eigenvalue weighted by Gasteiger charge is 2.04. The summed E-state index contributed by atoms with van der Waals surface area (Å²) in [5, 5.41) is 3.47. The summed E-state index contributed by atoms with van der Waals surface area (Å²) >= 11 is 0. The lowest BCUT2D eigenvalue weighted by Crippen LogP contribution is -2.35. The van der Waals surface area contributed by atoms with Gasteiger partial charge in [0.25, 0.3) is 0 Å². The predicted molar refractivity (Wildman–Crippen MR) is 129 cm³/mol. The van der Waals surface area contributed by atoms with Crippen molar-refractivity contribution in [1.82, 2.24) is 5.32 Å². The van der Waals surface area contributed by atoms with E-state index < -0.39 is 0 Å². The highest BCUT2D eigenvalue weighted by molar-refractivity contribution is 6.08. The third kappa shape index (κ3) is 26.1. The molecule has 0 saturated heterocycles. The van der Waals surface area contributed by atoms with Crippen molar-refractivity contribution in [3.05, 3.63) is 0 Å². The zero-order valence-corrected chi connectivity index (χ0v) is 21.8. The van der Waals surface area contributed by atoms with Crippen molar-refractivity contribution in [2.24, 2.45) is 0 Å². The molecule has 0 aromatic heterocycles. The third-order valence-electron chi connectivity index (χ3n) is 5.68. The Bertz CT molecular complexity index is 276. The van der Waals surface area contributed by atoms with Crippen molar-refractivity contribution >= 4 is 10.2 Å². The molecule has 0 radical (unpaired) electrons. The molecule has 0 saturated carbocycles. The van der Waals surface area contributed by atoms with E-state index in [-0.39, 0.29) is 0 Å². The second kappa shape index (κ2) is 20.9. The smallest absolute Gasteiger partial charge is 0.0780 e. The molecule has 0 aliphatic carbocycles. The van der Waals surface area contributed by atoms with E-state index in [0.29, 0.717) is 0 Å². The third-order valence-corrected chi connectivity index (χ3v) is 6.18. The lowest BCUT2D eigenvalue weighted by Gasteiger charge is -2.23. The lowest BCUT2D eigenvalue weighted by molar-refractivity contribution is -0.870. The summed E-state index contributed by atoms with van der Waals surface area (Å²) in [6.07, 6.45) is 27.6. The molecule has 0 atom stereocenters. The fourth-order valence-corrected chi connectivity index (χ4v) is 4.19. The maximum atomic E-state index is 3.47. The molecule has 0 rings (SSSR count). The first kappa shape index (κ1) is 27.1. The van der Waals surface area contributed by atoms with Crippen molar-refractivity contribution in [3.8, 4) is 0 Å². The van der Waals surface area contributed by atoms with Crippen LogP contribution in [0.5, 0.6) is 0 Å². The molecule has 164 valence electrons. The standard InChI is InChI=1S/C24H55N2Si/c1-26(2,3)23-21-19-17-15-13-11-9-7-5-4-6-8-10-12-14-16-18-20-22-25-24-27/h25H,4-24H2,1-3,27H3/q+1. The lowest BCUT2D eigenvalue weighted by atomic mass is 10.0. The van der Waals surface area contributed by atoms with E-state index in [1.54, 1.807) is 0 Å². The van der Waals surface area contributed by atoms with Gasteiger partial charge in [0.1, 0.15) is 0 Å². The summed E-state index contributed by atoms with van der Waals surface area (Å²) in [6, 6.07) is 0. The van der Waals surface area contributed by atoms with Gasteiger partial charge in [0, 0.05) is 10.2 Å². The zero-order valence-electron chi connectivity index (χ0n) is 19.8. The monoisotopic (exact) mass is 399 g/mol. The van der Waals surface area contributed by atoms with Gasteiger partial charge in [-0.25, -0.2) is 0 Å². The summed E-state index contributed by atoms with van der Waals surface area (Å²) in [5.41, 5.74) is 0. The molecular formula is C24H55N2Si+. The number of nitrogens with one attached hydrogen (secondary N) is 1. The molecule has 0 aromatic rings. The number of unbranched alkanes of at least 4 members (excludes halogenated alkanes) is 17. The first-order valence-electron chi connectivity index (χ1n) is 12.6. The SMILES string of the molecule is C[N+](C)(C)CCCCCCCCCCCCCCCCCCCCNC[SiH3]. The van der Waals surface area contributed by atoms with Crippen LogP contribution in [0.1, 0.15) is 116 Å². The molecule has 3 heteroatoms. The van der Waals surface area contributed by atoms with Gasteiger partial charge in [-0.15, -0.1) is 0 Å². The van der Waals surface area contributed by atoms with Gasteiger partial charge in [-0.3, -0.25) is 0 Å². The topological polar surface area (TPSA) is 12.0 Å². The van der Waals surface area contributed by atoms with Crippen molar-refractivity contribution in [1.29, 1.82) is 0 Å². The Morgan fingerprint density at radius 1 is 0.481 bits per heavy atom. The van der Waals surface area contributed by atoms with Crippen LogP contribution in [0.25, 0.3) is 0 Å². The van der Waals surface area contributed by atoms with E-state index >= 15 is 0 Å². The van der Waals surface area contributed by atoms with Gasteiger partial charge >= 0.3 is 0 Å². The molecule has 0 aliphatic heterocycles. The molecule has 0 bridgehead atoms. The van der Waals surface area contributed by atoms with Crippen LogP contribution < -0.4 is 5.32 Å².